The molecular formula is C16H31NO. The second-order valence-electron chi connectivity index (χ2n) is 7.54. The minimum atomic E-state index is -0.0677. The summed E-state index contributed by atoms with van der Waals surface area (Å²) in [5.41, 5.74) is 0.363. The van der Waals surface area contributed by atoms with Crippen molar-refractivity contribution in [3.05, 3.63) is 0 Å². The summed E-state index contributed by atoms with van der Waals surface area (Å²) >= 11 is 0. The van der Waals surface area contributed by atoms with Crippen molar-refractivity contribution < 1.29 is 5.11 Å². The Balaban J connectivity index is 2.06. The van der Waals surface area contributed by atoms with E-state index in [9.17, 15) is 5.11 Å². The molecule has 0 heterocycles. The fourth-order valence-electron chi connectivity index (χ4n) is 3.67. The van der Waals surface area contributed by atoms with E-state index in [0.29, 0.717) is 11.5 Å². The van der Waals surface area contributed by atoms with Gasteiger partial charge in [0.05, 0.1) is 6.10 Å². The Hall–Kier alpha value is -0.0800. The Bertz CT molecular complexity index is 267. The molecule has 2 rings (SSSR count). The first-order chi connectivity index (χ1) is 8.41. The second-order valence-corrected chi connectivity index (χ2v) is 7.54. The van der Waals surface area contributed by atoms with Crippen LogP contribution in [0.3, 0.4) is 0 Å². The number of rotatable bonds is 4. The average molecular weight is 253 g/mol. The van der Waals surface area contributed by atoms with Gasteiger partial charge in [-0.15, -0.1) is 0 Å². The highest BCUT2D eigenvalue weighted by molar-refractivity contribution is 4.93. The van der Waals surface area contributed by atoms with Gasteiger partial charge in [0.25, 0.3) is 0 Å². The van der Waals surface area contributed by atoms with Gasteiger partial charge in [-0.05, 0) is 55.9 Å². The monoisotopic (exact) mass is 253 g/mol. The maximum Gasteiger partial charge on any atom is 0.0555 e. The Kier molecular flexibility index (Phi) is 4.38. The molecule has 3 atom stereocenters. The smallest absolute Gasteiger partial charge is 0.0555 e. The quantitative estimate of drug-likeness (QED) is 0.831. The SMILES string of the molecule is CCN(CC1CC1)C1CC(O)CCC1C(C)(C)C. The summed E-state index contributed by atoms with van der Waals surface area (Å²) in [5, 5.41) is 10.0. The molecule has 18 heavy (non-hydrogen) atoms. The lowest BCUT2D eigenvalue weighted by atomic mass is 9.68. The number of hydrogen-bond acceptors (Lipinski definition) is 2. The highest BCUT2D eigenvalue weighted by Crippen LogP contribution is 2.41. The molecule has 0 aliphatic heterocycles. The Labute approximate surface area is 113 Å². The van der Waals surface area contributed by atoms with Crippen LogP contribution in [0, 0.1) is 17.3 Å². The standard InChI is InChI=1S/C16H31NO/c1-5-17(11-12-6-7-12)15-10-13(18)8-9-14(15)16(2,3)4/h12-15,18H,5-11H2,1-4H3. The van der Waals surface area contributed by atoms with Gasteiger partial charge in [0.1, 0.15) is 0 Å². The van der Waals surface area contributed by atoms with Gasteiger partial charge in [0.15, 0.2) is 0 Å². The summed E-state index contributed by atoms with van der Waals surface area (Å²) in [4.78, 5) is 2.66. The number of nitrogens with zero attached hydrogens (tertiary/aromatic N) is 1. The minimum Gasteiger partial charge on any atom is -0.393 e. The van der Waals surface area contributed by atoms with Gasteiger partial charge in [-0.3, -0.25) is 4.90 Å². The summed E-state index contributed by atoms with van der Waals surface area (Å²) in [7, 11) is 0. The van der Waals surface area contributed by atoms with Gasteiger partial charge in [-0.1, -0.05) is 27.7 Å². The van der Waals surface area contributed by atoms with Crippen molar-refractivity contribution in [1.29, 1.82) is 0 Å². The van der Waals surface area contributed by atoms with E-state index in [0.717, 1.165) is 31.2 Å². The van der Waals surface area contributed by atoms with E-state index >= 15 is 0 Å². The maximum atomic E-state index is 10.0. The third-order valence-corrected chi connectivity index (χ3v) is 4.97. The van der Waals surface area contributed by atoms with Crippen molar-refractivity contribution >= 4 is 0 Å². The maximum absolute atomic E-state index is 10.0. The molecule has 0 aromatic rings. The summed E-state index contributed by atoms with van der Waals surface area (Å²) in [6.07, 6.45) is 5.96. The van der Waals surface area contributed by atoms with Crippen molar-refractivity contribution in [2.75, 3.05) is 13.1 Å². The predicted molar refractivity (Wildman–Crippen MR) is 76.6 cm³/mol. The van der Waals surface area contributed by atoms with Crippen LogP contribution in [0.2, 0.25) is 0 Å². The van der Waals surface area contributed by atoms with Crippen LogP contribution in [0.15, 0.2) is 0 Å². The second kappa shape index (κ2) is 5.50. The molecule has 0 aromatic carbocycles. The van der Waals surface area contributed by atoms with Crippen molar-refractivity contribution in [3.8, 4) is 0 Å². The van der Waals surface area contributed by atoms with Gasteiger partial charge >= 0.3 is 0 Å². The summed E-state index contributed by atoms with van der Waals surface area (Å²) in [5.74, 6) is 1.68. The highest BCUT2D eigenvalue weighted by Gasteiger charge is 2.40. The molecule has 2 saturated carbocycles. The first kappa shape index (κ1) is 14.3. The summed E-state index contributed by atoms with van der Waals surface area (Å²) < 4.78 is 0. The Morgan fingerprint density at radius 3 is 2.28 bits per heavy atom. The van der Waals surface area contributed by atoms with Crippen LogP contribution >= 0.6 is 0 Å². The van der Waals surface area contributed by atoms with E-state index in [1.54, 1.807) is 0 Å². The van der Waals surface area contributed by atoms with Crippen LogP contribution in [0.25, 0.3) is 0 Å². The van der Waals surface area contributed by atoms with E-state index in [1.165, 1.54) is 25.8 Å². The molecule has 0 amide bonds. The lowest BCUT2D eigenvalue weighted by Gasteiger charge is -2.47. The average Bonchev–Trinajstić information content (AvgIpc) is 3.07. The third kappa shape index (κ3) is 3.48. The van der Waals surface area contributed by atoms with Crippen molar-refractivity contribution in [2.45, 2.75) is 71.9 Å². The zero-order valence-corrected chi connectivity index (χ0v) is 12.7. The van der Waals surface area contributed by atoms with Gasteiger partial charge in [-0.2, -0.15) is 0 Å². The number of hydrogen-bond donors (Lipinski definition) is 1. The van der Waals surface area contributed by atoms with Crippen molar-refractivity contribution in [3.63, 3.8) is 0 Å². The fraction of sp³-hybridized carbons (Fsp3) is 1.00. The predicted octanol–water partition coefficient (Wildman–Crippen LogP) is 3.29. The van der Waals surface area contributed by atoms with E-state index in [2.05, 4.69) is 32.6 Å². The molecule has 0 saturated heterocycles. The molecule has 0 bridgehead atoms. The van der Waals surface area contributed by atoms with Crippen molar-refractivity contribution in [2.24, 2.45) is 17.3 Å². The molecule has 0 radical (unpaired) electrons. The van der Waals surface area contributed by atoms with E-state index in [4.69, 9.17) is 0 Å². The number of aliphatic hydroxyl groups excluding tert-OH is 1. The molecule has 106 valence electrons. The van der Waals surface area contributed by atoms with Gasteiger partial charge in [0, 0.05) is 12.6 Å². The van der Waals surface area contributed by atoms with Gasteiger partial charge < -0.3 is 5.11 Å². The molecule has 1 N–H and O–H groups in total. The largest absolute Gasteiger partial charge is 0.393 e. The molecule has 3 unspecified atom stereocenters. The topological polar surface area (TPSA) is 23.5 Å². The van der Waals surface area contributed by atoms with Crippen LogP contribution in [0.4, 0.5) is 0 Å². The zero-order chi connectivity index (χ0) is 13.3. The molecule has 2 nitrogen and oxygen atoms in total. The third-order valence-electron chi connectivity index (χ3n) is 4.97. The molecule has 0 aromatic heterocycles. The first-order valence-electron chi connectivity index (χ1n) is 7.84. The first-order valence-corrected chi connectivity index (χ1v) is 7.84. The van der Waals surface area contributed by atoms with Crippen LogP contribution in [-0.2, 0) is 0 Å². The normalized spacial score (nSPS) is 34.0. The van der Waals surface area contributed by atoms with Crippen LogP contribution in [-0.4, -0.2) is 35.2 Å². The summed E-state index contributed by atoms with van der Waals surface area (Å²) in [6, 6.07) is 0.597. The molecule has 2 aliphatic rings. The Morgan fingerprint density at radius 2 is 1.78 bits per heavy atom. The lowest BCUT2D eigenvalue weighted by molar-refractivity contribution is -0.0114. The van der Waals surface area contributed by atoms with E-state index in [-0.39, 0.29) is 6.10 Å². The van der Waals surface area contributed by atoms with Crippen LogP contribution in [0.1, 0.15) is 59.8 Å². The molecule has 2 aliphatic carbocycles. The molecule has 2 fully saturated rings. The van der Waals surface area contributed by atoms with Gasteiger partial charge in [0.2, 0.25) is 0 Å². The fourth-order valence-corrected chi connectivity index (χ4v) is 3.67. The van der Waals surface area contributed by atoms with Crippen LogP contribution in [0.5, 0.6) is 0 Å². The molecule has 0 spiro atoms. The molecular weight excluding hydrogens is 222 g/mol. The number of aliphatic hydroxyl groups is 1. The van der Waals surface area contributed by atoms with Gasteiger partial charge in [-0.25, -0.2) is 0 Å². The van der Waals surface area contributed by atoms with Crippen molar-refractivity contribution in [1.82, 2.24) is 4.90 Å². The van der Waals surface area contributed by atoms with E-state index < -0.39 is 0 Å². The van der Waals surface area contributed by atoms with Crippen LogP contribution < -0.4 is 0 Å². The minimum absolute atomic E-state index is 0.0677. The zero-order valence-electron chi connectivity index (χ0n) is 12.7. The lowest BCUT2D eigenvalue weighted by Crippen LogP contribution is -2.50. The molecule has 2 heteroatoms. The Morgan fingerprint density at radius 1 is 1.11 bits per heavy atom. The highest BCUT2D eigenvalue weighted by atomic mass is 16.3. The van der Waals surface area contributed by atoms with E-state index in [1.807, 2.05) is 0 Å². The summed E-state index contributed by atoms with van der Waals surface area (Å²) in [6.45, 7) is 11.8.